The Morgan fingerprint density at radius 1 is 1.10 bits per heavy atom. The third kappa shape index (κ3) is 3.62. The van der Waals surface area contributed by atoms with Crippen LogP contribution < -0.4 is 5.32 Å². The van der Waals surface area contributed by atoms with Crippen LogP contribution in [0.1, 0.15) is 84.5 Å². The van der Waals surface area contributed by atoms with Crippen molar-refractivity contribution in [1.29, 1.82) is 0 Å². The zero-order valence-electron chi connectivity index (χ0n) is 17.9. The summed E-state index contributed by atoms with van der Waals surface area (Å²) in [5.74, 6) is 1.52. The van der Waals surface area contributed by atoms with E-state index in [1.165, 1.54) is 45.4 Å². The number of Topliss-reactive ketones (excluding diaryl/α,β-unsaturated/α-hetero) is 1. The van der Waals surface area contributed by atoms with Gasteiger partial charge in [0.05, 0.1) is 0 Å². The van der Waals surface area contributed by atoms with Gasteiger partial charge >= 0.3 is 5.97 Å². The first kappa shape index (κ1) is 20.2. The third-order valence-electron chi connectivity index (χ3n) is 7.71. The van der Waals surface area contributed by atoms with E-state index in [0.717, 1.165) is 17.8 Å². The first-order valence-corrected chi connectivity index (χ1v) is 10.8. The van der Waals surface area contributed by atoms with Gasteiger partial charge in [-0.15, -0.1) is 0 Å². The molecule has 0 saturated heterocycles. The molecule has 0 aromatic carbocycles. The van der Waals surface area contributed by atoms with Crippen molar-refractivity contribution in [3.05, 3.63) is 22.5 Å². The first-order valence-electron chi connectivity index (χ1n) is 10.8. The van der Waals surface area contributed by atoms with Gasteiger partial charge in [0.2, 0.25) is 0 Å². The van der Waals surface area contributed by atoms with Crippen molar-refractivity contribution in [2.24, 2.45) is 23.2 Å². The van der Waals surface area contributed by atoms with Crippen LogP contribution in [0, 0.1) is 37.0 Å². The lowest BCUT2D eigenvalue weighted by Gasteiger charge is -2.59. The molecule has 2 N–H and O–H groups in total. The maximum absolute atomic E-state index is 12.5. The lowest BCUT2D eigenvalue weighted by molar-refractivity contribution is -0.128. The average Bonchev–Trinajstić information content (AvgIpc) is 2.93. The molecular weight excluding hydrogens is 368 g/mol. The lowest BCUT2D eigenvalue weighted by Crippen LogP contribution is -2.56. The smallest absolute Gasteiger partial charge is 0.355 e. The Hall–Kier alpha value is -2.11. The molecule has 29 heavy (non-hydrogen) atoms. The monoisotopic (exact) mass is 400 g/mol. The van der Waals surface area contributed by atoms with Gasteiger partial charge in [0.25, 0.3) is 5.91 Å². The molecule has 4 saturated carbocycles. The van der Waals surface area contributed by atoms with Gasteiger partial charge in [-0.25, -0.2) is 4.79 Å². The minimum Gasteiger partial charge on any atom is -0.451 e. The van der Waals surface area contributed by atoms with Crippen molar-refractivity contribution in [1.82, 2.24) is 10.3 Å². The molecule has 0 radical (unpaired) electrons. The van der Waals surface area contributed by atoms with Gasteiger partial charge < -0.3 is 15.0 Å². The molecule has 1 aromatic heterocycles. The predicted molar refractivity (Wildman–Crippen MR) is 109 cm³/mol. The minimum atomic E-state index is -0.601. The lowest BCUT2D eigenvalue weighted by atomic mass is 9.48. The second-order valence-corrected chi connectivity index (χ2v) is 9.83. The highest BCUT2D eigenvalue weighted by molar-refractivity contribution is 6.01. The average molecular weight is 401 g/mol. The predicted octanol–water partition coefficient (Wildman–Crippen LogP) is 3.71. The maximum Gasteiger partial charge on any atom is 0.355 e. The van der Waals surface area contributed by atoms with Crippen molar-refractivity contribution in [2.75, 3.05) is 6.61 Å². The van der Waals surface area contributed by atoms with E-state index < -0.39 is 5.97 Å². The van der Waals surface area contributed by atoms with E-state index in [-0.39, 0.29) is 35.4 Å². The molecular formula is C23H32N2O4. The van der Waals surface area contributed by atoms with Crippen molar-refractivity contribution in [2.45, 2.75) is 72.3 Å². The fourth-order valence-corrected chi connectivity index (χ4v) is 6.83. The molecule has 1 aromatic rings. The zero-order chi connectivity index (χ0) is 20.9. The summed E-state index contributed by atoms with van der Waals surface area (Å²) in [5.41, 5.74) is 2.19. The summed E-state index contributed by atoms with van der Waals surface area (Å²) in [5, 5.41) is 3.11. The number of aromatic nitrogens is 1. The van der Waals surface area contributed by atoms with E-state index in [1.807, 2.05) is 0 Å². The first-order chi connectivity index (χ1) is 13.7. The van der Waals surface area contributed by atoms with Crippen LogP contribution in [0.25, 0.3) is 0 Å². The minimum absolute atomic E-state index is 0.0980. The SMILES string of the molecule is CC(=O)c1c(C)[nH]c(C(=O)OCC(=O)NC(C)C23CC4CC(CC(C4)C2)C3)c1C. The van der Waals surface area contributed by atoms with Crippen LogP contribution in [0.3, 0.4) is 0 Å². The van der Waals surface area contributed by atoms with Crippen LogP contribution >= 0.6 is 0 Å². The molecule has 1 unspecified atom stereocenters. The molecule has 4 aliphatic rings. The van der Waals surface area contributed by atoms with E-state index in [0.29, 0.717) is 16.8 Å². The number of carbonyl (C=O) groups excluding carboxylic acids is 3. The number of aryl methyl sites for hydroxylation is 1. The highest BCUT2D eigenvalue weighted by Gasteiger charge is 2.53. The molecule has 5 rings (SSSR count). The zero-order valence-corrected chi connectivity index (χ0v) is 17.9. The molecule has 158 valence electrons. The van der Waals surface area contributed by atoms with Gasteiger partial charge in [-0.1, -0.05) is 0 Å². The number of nitrogens with one attached hydrogen (secondary N) is 2. The van der Waals surface area contributed by atoms with Crippen LogP contribution in [0.4, 0.5) is 0 Å². The highest BCUT2D eigenvalue weighted by atomic mass is 16.5. The van der Waals surface area contributed by atoms with Gasteiger partial charge in [-0.3, -0.25) is 9.59 Å². The Balaban J connectivity index is 1.34. The molecule has 4 fully saturated rings. The number of ether oxygens (including phenoxy) is 1. The Kier molecular flexibility index (Phi) is 5.07. The van der Waals surface area contributed by atoms with E-state index in [4.69, 9.17) is 4.74 Å². The van der Waals surface area contributed by atoms with Gasteiger partial charge in [0.15, 0.2) is 12.4 Å². The van der Waals surface area contributed by atoms with E-state index >= 15 is 0 Å². The van der Waals surface area contributed by atoms with Crippen LogP contribution in [0.2, 0.25) is 0 Å². The van der Waals surface area contributed by atoms with Crippen LogP contribution in [0.15, 0.2) is 0 Å². The Bertz CT molecular complexity index is 818. The Morgan fingerprint density at radius 2 is 1.66 bits per heavy atom. The number of H-pyrrole nitrogens is 1. The van der Waals surface area contributed by atoms with E-state index in [1.54, 1.807) is 13.8 Å². The van der Waals surface area contributed by atoms with Gasteiger partial charge in [0, 0.05) is 17.3 Å². The van der Waals surface area contributed by atoms with Gasteiger partial charge in [0.1, 0.15) is 5.69 Å². The number of esters is 1. The number of hydrogen-bond donors (Lipinski definition) is 2. The summed E-state index contributed by atoms with van der Waals surface area (Å²) in [6, 6.07) is 0.0980. The van der Waals surface area contributed by atoms with Gasteiger partial charge in [-0.2, -0.15) is 0 Å². The summed E-state index contributed by atoms with van der Waals surface area (Å²) in [6.07, 6.45) is 7.76. The second kappa shape index (κ2) is 7.29. The summed E-state index contributed by atoms with van der Waals surface area (Å²) < 4.78 is 5.25. The normalized spacial score (nSPS) is 30.8. The van der Waals surface area contributed by atoms with Crippen LogP contribution in [-0.4, -0.2) is 35.3 Å². The Morgan fingerprint density at radius 3 is 2.14 bits per heavy atom. The van der Waals surface area contributed by atoms with E-state index in [2.05, 4.69) is 17.2 Å². The van der Waals surface area contributed by atoms with Gasteiger partial charge in [-0.05, 0) is 95.0 Å². The van der Waals surface area contributed by atoms with Crippen LogP contribution in [-0.2, 0) is 9.53 Å². The second-order valence-electron chi connectivity index (χ2n) is 9.83. The van der Waals surface area contributed by atoms with Crippen molar-refractivity contribution in [3.8, 4) is 0 Å². The number of rotatable bonds is 6. The van der Waals surface area contributed by atoms with Crippen molar-refractivity contribution < 1.29 is 19.1 Å². The number of amides is 1. The molecule has 4 aliphatic carbocycles. The quantitative estimate of drug-likeness (QED) is 0.563. The Labute approximate surface area is 172 Å². The molecule has 1 heterocycles. The number of ketones is 1. The maximum atomic E-state index is 12.5. The standard InChI is InChI=1S/C23H32N2O4/c1-12-20(14(3)26)13(2)24-21(12)22(28)29-11-19(27)25-15(4)23-8-16-5-17(9-23)7-18(6-16)10-23/h15-18,24H,5-11H2,1-4H3,(H,25,27). The van der Waals surface area contributed by atoms with Crippen molar-refractivity contribution in [3.63, 3.8) is 0 Å². The summed E-state index contributed by atoms with van der Waals surface area (Å²) in [6.45, 7) is 6.75. The molecule has 4 bridgehead atoms. The molecule has 6 nitrogen and oxygen atoms in total. The molecule has 1 amide bonds. The molecule has 0 aliphatic heterocycles. The summed E-state index contributed by atoms with van der Waals surface area (Å²) in [4.78, 5) is 39.6. The molecule has 1 atom stereocenters. The summed E-state index contributed by atoms with van der Waals surface area (Å²) >= 11 is 0. The highest BCUT2D eigenvalue weighted by Crippen LogP contribution is 2.61. The fraction of sp³-hybridized carbons (Fsp3) is 0.696. The summed E-state index contributed by atoms with van der Waals surface area (Å²) in [7, 11) is 0. The molecule has 6 heteroatoms. The third-order valence-corrected chi connectivity index (χ3v) is 7.71. The number of aromatic amines is 1. The topological polar surface area (TPSA) is 88.3 Å². The van der Waals surface area contributed by atoms with E-state index in [9.17, 15) is 14.4 Å². The number of carbonyl (C=O) groups is 3. The fourth-order valence-electron chi connectivity index (χ4n) is 6.83. The number of hydrogen-bond acceptors (Lipinski definition) is 4. The molecule has 0 spiro atoms. The van der Waals surface area contributed by atoms with Crippen LogP contribution in [0.5, 0.6) is 0 Å². The van der Waals surface area contributed by atoms with Crippen molar-refractivity contribution >= 4 is 17.7 Å². The largest absolute Gasteiger partial charge is 0.451 e.